The fraction of sp³-hybridized carbons (Fsp3) is 0.417. The lowest BCUT2D eigenvalue weighted by atomic mass is 10.2. The van der Waals surface area contributed by atoms with Gasteiger partial charge in [0.25, 0.3) is 0 Å². The fourth-order valence-corrected chi connectivity index (χ4v) is 1.38. The number of hydrogen-bond acceptors (Lipinski definition) is 2. The molecule has 1 amide bonds. The summed E-state index contributed by atoms with van der Waals surface area (Å²) in [6, 6.07) is 4.53. The summed E-state index contributed by atoms with van der Waals surface area (Å²) in [5.74, 6) is -0.319. The molecule has 0 atom stereocenters. The van der Waals surface area contributed by atoms with Gasteiger partial charge in [-0.25, -0.2) is 4.39 Å². The Labute approximate surface area is 94.8 Å². The van der Waals surface area contributed by atoms with Crippen LogP contribution in [0.3, 0.4) is 0 Å². The van der Waals surface area contributed by atoms with Gasteiger partial charge < -0.3 is 11.1 Å². The van der Waals surface area contributed by atoms with Crippen molar-refractivity contribution in [3.8, 4) is 0 Å². The number of benzene rings is 1. The van der Waals surface area contributed by atoms with Crippen LogP contribution in [-0.4, -0.2) is 12.5 Å². The average Bonchev–Trinajstić information content (AvgIpc) is 2.24. The minimum atomic E-state index is -0.263. The molecule has 1 rings (SSSR count). The minimum absolute atomic E-state index is 0.0561. The van der Waals surface area contributed by atoms with E-state index < -0.39 is 0 Å². The van der Waals surface area contributed by atoms with Gasteiger partial charge in [0, 0.05) is 12.1 Å². The molecular weight excluding hydrogens is 207 g/mol. The van der Waals surface area contributed by atoms with Crippen LogP contribution in [0.15, 0.2) is 18.2 Å². The fourth-order valence-electron chi connectivity index (χ4n) is 1.38. The van der Waals surface area contributed by atoms with E-state index in [1.165, 1.54) is 6.07 Å². The molecule has 0 aromatic heterocycles. The van der Waals surface area contributed by atoms with E-state index in [0.717, 1.165) is 12.8 Å². The summed E-state index contributed by atoms with van der Waals surface area (Å²) in [6.07, 6.45) is 2.08. The topological polar surface area (TPSA) is 55.1 Å². The number of anilines is 1. The number of unbranched alkanes of at least 4 members (excludes halogenated alkanes) is 1. The van der Waals surface area contributed by atoms with Crippen LogP contribution < -0.4 is 11.1 Å². The number of carbonyl (C=O) groups excluding carboxylic acids is 1. The summed E-state index contributed by atoms with van der Waals surface area (Å²) >= 11 is 0. The second kappa shape index (κ2) is 6.23. The van der Waals surface area contributed by atoms with Crippen molar-refractivity contribution in [2.24, 2.45) is 5.73 Å². The van der Waals surface area contributed by atoms with Crippen LogP contribution in [0, 0.1) is 12.7 Å². The monoisotopic (exact) mass is 224 g/mol. The number of aryl methyl sites for hydroxylation is 1. The molecule has 0 saturated heterocycles. The Morgan fingerprint density at radius 2 is 2.19 bits per heavy atom. The van der Waals surface area contributed by atoms with Crippen molar-refractivity contribution in [3.05, 3.63) is 29.6 Å². The Kier molecular flexibility index (Phi) is 4.92. The molecule has 0 aliphatic rings. The third-order valence-electron chi connectivity index (χ3n) is 2.30. The van der Waals surface area contributed by atoms with Crippen molar-refractivity contribution in [1.29, 1.82) is 0 Å². The zero-order valence-corrected chi connectivity index (χ0v) is 9.42. The first kappa shape index (κ1) is 12.6. The van der Waals surface area contributed by atoms with E-state index in [0.29, 0.717) is 24.2 Å². The molecule has 3 nitrogen and oxygen atoms in total. The summed E-state index contributed by atoms with van der Waals surface area (Å²) in [5, 5.41) is 2.72. The molecule has 0 spiro atoms. The first-order valence-corrected chi connectivity index (χ1v) is 5.39. The Morgan fingerprint density at radius 3 is 2.81 bits per heavy atom. The molecule has 1 aromatic carbocycles. The lowest BCUT2D eigenvalue weighted by Gasteiger charge is -2.06. The van der Waals surface area contributed by atoms with Crippen LogP contribution in [0.4, 0.5) is 10.1 Å². The highest BCUT2D eigenvalue weighted by Crippen LogP contribution is 2.14. The van der Waals surface area contributed by atoms with Crippen LogP contribution in [-0.2, 0) is 4.79 Å². The third-order valence-corrected chi connectivity index (χ3v) is 2.30. The number of nitrogens with two attached hydrogens (primary N) is 1. The molecule has 0 fully saturated rings. The summed E-state index contributed by atoms with van der Waals surface area (Å²) < 4.78 is 13.0. The van der Waals surface area contributed by atoms with E-state index in [-0.39, 0.29) is 11.7 Å². The van der Waals surface area contributed by atoms with Crippen LogP contribution >= 0.6 is 0 Å². The van der Waals surface area contributed by atoms with Gasteiger partial charge in [-0.15, -0.1) is 0 Å². The molecule has 1 aromatic rings. The maximum Gasteiger partial charge on any atom is 0.224 e. The molecule has 0 aliphatic heterocycles. The summed E-state index contributed by atoms with van der Waals surface area (Å²) in [4.78, 5) is 11.4. The van der Waals surface area contributed by atoms with Crippen molar-refractivity contribution >= 4 is 11.6 Å². The van der Waals surface area contributed by atoms with Crippen LogP contribution in [0.2, 0.25) is 0 Å². The second-order valence-corrected chi connectivity index (χ2v) is 3.76. The van der Waals surface area contributed by atoms with Gasteiger partial charge in [0.2, 0.25) is 5.91 Å². The maximum absolute atomic E-state index is 13.0. The zero-order chi connectivity index (χ0) is 12.0. The Balaban J connectivity index is 2.46. The molecule has 0 saturated carbocycles. The first-order valence-electron chi connectivity index (χ1n) is 5.39. The van der Waals surface area contributed by atoms with E-state index in [9.17, 15) is 9.18 Å². The molecule has 0 bridgehead atoms. The number of carbonyl (C=O) groups is 1. The highest BCUT2D eigenvalue weighted by atomic mass is 19.1. The number of rotatable bonds is 5. The van der Waals surface area contributed by atoms with Crippen molar-refractivity contribution in [2.75, 3.05) is 11.9 Å². The SMILES string of the molecule is Cc1cc(NC(=O)CCCCN)ccc1F. The van der Waals surface area contributed by atoms with Gasteiger partial charge in [-0.1, -0.05) is 0 Å². The van der Waals surface area contributed by atoms with Crippen molar-refractivity contribution < 1.29 is 9.18 Å². The van der Waals surface area contributed by atoms with Gasteiger partial charge in [-0.3, -0.25) is 4.79 Å². The van der Waals surface area contributed by atoms with Crippen LogP contribution in [0.5, 0.6) is 0 Å². The van der Waals surface area contributed by atoms with E-state index in [1.807, 2.05) is 0 Å². The van der Waals surface area contributed by atoms with Gasteiger partial charge in [-0.2, -0.15) is 0 Å². The van der Waals surface area contributed by atoms with E-state index >= 15 is 0 Å². The molecule has 0 unspecified atom stereocenters. The van der Waals surface area contributed by atoms with Crippen LogP contribution in [0.1, 0.15) is 24.8 Å². The van der Waals surface area contributed by atoms with Crippen molar-refractivity contribution in [3.63, 3.8) is 0 Å². The molecule has 4 heteroatoms. The molecule has 3 N–H and O–H groups in total. The molecule has 0 heterocycles. The van der Waals surface area contributed by atoms with Gasteiger partial charge >= 0.3 is 0 Å². The van der Waals surface area contributed by atoms with E-state index in [2.05, 4.69) is 5.32 Å². The zero-order valence-electron chi connectivity index (χ0n) is 9.42. The smallest absolute Gasteiger partial charge is 0.224 e. The van der Waals surface area contributed by atoms with E-state index in [1.54, 1.807) is 19.1 Å². The second-order valence-electron chi connectivity index (χ2n) is 3.76. The summed E-state index contributed by atoms with van der Waals surface area (Å²) in [6.45, 7) is 2.27. The molecule has 0 radical (unpaired) electrons. The minimum Gasteiger partial charge on any atom is -0.330 e. The van der Waals surface area contributed by atoms with Gasteiger partial charge in [0.05, 0.1) is 0 Å². The maximum atomic E-state index is 13.0. The molecule has 0 aliphatic carbocycles. The largest absolute Gasteiger partial charge is 0.330 e. The van der Waals surface area contributed by atoms with E-state index in [4.69, 9.17) is 5.73 Å². The third kappa shape index (κ3) is 3.98. The van der Waals surface area contributed by atoms with Crippen LogP contribution in [0.25, 0.3) is 0 Å². The predicted molar refractivity (Wildman–Crippen MR) is 62.7 cm³/mol. The Hall–Kier alpha value is -1.42. The molecule has 16 heavy (non-hydrogen) atoms. The molecule has 88 valence electrons. The normalized spacial score (nSPS) is 10.2. The summed E-state index contributed by atoms with van der Waals surface area (Å²) in [5.41, 5.74) is 6.49. The lowest BCUT2D eigenvalue weighted by molar-refractivity contribution is -0.116. The number of halogens is 1. The van der Waals surface area contributed by atoms with Gasteiger partial charge in [0.1, 0.15) is 5.82 Å². The summed E-state index contributed by atoms with van der Waals surface area (Å²) in [7, 11) is 0. The molecular formula is C12H17FN2O. The standard InChI is InChI=1S/C12H17FN2O/c1-9-8-10(5-6-11(9)13)15-12(16)4-2-3-7-14/h5-6,8H,2-4,7,14H2,1H3,(H,15,16). The number of nitrogens with one attached hydrogen (secondary N) is 1. The van der Waals surface area contributed by atoms with Gasteiger partial charge in [-0.05, 0) is 50.1 Å². The van der Waals surface area contributed by atoms with Gasteiger partial charge in [0.15, 0.2) is 0 Å². The van der Waals surface area contributed by atoms with Crippen molar-refractivity contribution in [1.82, 2.24) is 0 Å². The average molecular weight is 224 g/mol. The Bertz CT molecular complexity index is 366. The highest BCUT2D eigenvalue weighted by molar-refractivity contribution is 5.90. The predicted octanol–water partition coefficient (Wildman–Crippen LogP) is 2.20. The highest BCUT2D eigenvalue weighted by Gasteiger charge is 2.03. The first-order chi connectivity index (χ1) is 7.63. The Morgan fingerprint density at radius 1 is 1.44 bits per heavy atom. The van der Waals surface area contributed by atoms with Crippen molar-refractivity contribution in [2.45, 2.75) is 26.2 Å². The number of amides is 1. The number of hydrogen-bond donors (Lipinski definition) is 2. The lowest BCUT2D eigenvalue weighted by Crippen LogP contribution is -2.12. The quantitative estimate of drug-likeness (QED) is 0.753.